The second kappa shape index (κ2) is 6.89. The van der Waals surface area contributed by atoms with Crippen molar-refractivity contribution in [3.63, 3.8) is 0 Å². The maximum absolute atomic E-state index is 12.0. The Morgan fingerprint density at radius 3 is 2.74 bits per heavy atom. The van der Waals surface area contributed by atoms with Crippen LogP contribution in [-0.2, 0) is 9.59 Å². The lowest BCUT2D eigenvalue weighted by Crippen LogP contribution is -2.49. The molecular weight excluding hydrogens is 242 g/mol. The Morgan fingerprint density at radius 2 is 2.05 bits per heavy atom. The van der Waals surface area contributed by atoms with E-state index in [-0.39, 0.29) is 17.9 Å². The topological polar surface area (TPSA) is 70.2 Å². The summed E-state index contributed by atoms with van der Waals surface area (Å²) in [5.74, 6) is 0.735. The maximum atomic E-state index is 12.0. The molecule has 2 rings (SSSR count). The monoisotopic (exact) mass is 267 g/mol. The summed E-state index contributed by atoms with van der Waals surface area (Å²) in [5, 5.41) is 9.03. The van der Waals surface area contributed by atoms with Crippen LogP contribution in [0, 0.1) is 5.92 Å². The molecule has 2 fully saturated rings. The second-order valence-electron chi connectivity index (χ2n) is 5.69. The molecule has 0 spiro atoms. The zero-order chi connectivity index (χ0) is 13.7. The zero-order valence-electron chi connectivity index (χ0n) is 11.7. The van der Waals surface area contributed by atoms with Crippen molar-refractivity contribution in [2.75, 3.05) is 13.1 Å². The van der Waals surface area contributed by atoms with Crippen molar-refractivity contribution < 1.29 is 9.59 Å². The largest absolute Gasteiger partial charge is 0.354 e. The number of piperidine rings is 1. The van der Waals surface area contributed by atoms with Crippen molar-refractivity contribution >= 4 is 11.8 Å². The third-order valence-electron chi connectivity index (χ3n) is 4.00. The molecule has 0 bridgehead atoms. The minimum absolute atomic E-state index is 0.0392. The van der Waals surface area contributed by atoms with Crippen LogP contribution < -0.4 is 16.0 Å². The summed E-state index contributed by atoms with van der Waals surface area (Å²) in [5.41, 5.74) is 0. The summed E-state index contributed by atoms with van der Waals surface area (Å²) in [4.78, 5) is 23.4. The standard InChI is InChI=1S/C14H25N3O2/c1-2-10-5-7-15-12(9-10)14(19)16-8-6-13(18)17-11-3-4-11/h10-12,15H,2-9H2,1H3,(H,16,19)(H,17,18). The van der Waals surface area contributed by atoms with Gasteiger partial charge in [0.15, 0.2) is 0 Å². The van der Waals surface area contributed by atoms with E-state index in [1.165, 1.54) is 0 Å². The summed E-state index contributed by atoms with van der Waals surface area (Å²) < 4.78 is 0. The van der Waals surface area contributed by atoms with E-state index < -0.39 is 0 Å². The third-order valence-corrected chi connectivity index (χ3v) is 4.00. The molecule has 1 aliphatic carbocycles. The fourth-order valence-corrected chi connectivity index (χ4v) is 2.52. The van der Waals surface area contributed by atoms with Crippen molar-refractivity contribution in [2.45, 2.75) is 57.5 Å². The molecule has 2 atom stereocenters. The number of nitrogens with one attached hydrogen (secondary N) is 3. The van der Waals surface area contributed by atoms with Crippen LogP contribution in [0.25, 0.3) is 0 Å². The molecule has 2 amide bonds. The van der Waals surface area contributed by atoms with Gasteiger partial charge in [-0.3, -0.25) is 9.59 Å². The van der Waals surface area contributed by atoms with E-state index in [4.69, 9.17) is 0 Å². The van der Waals surface area contributed by atoms with Gasteiger partial charge < -0.3 is 16.0 Å². The van der Waals surface area contributed by atoms with Crippen molar-refractivity contribution in [1.29, 1.82) is 0 Å². The molecule has 2 aliphatic rings. The number of amides is 2. The highest BCUT2D eigenvalue weighted by Crippen LogP contribution is 2.19. The molecule has 1 aliphatic heterocycles. The highest BCUT2D eigenvalue weighted by atomic mass is 16.2. The van der Waals surface area contributed by atoms with Crippen molar-refractivity contribution in [2.24, 2.45) is 5.92 Å². The first-order valence-corrected chi connectivity index (χ1v) is 7.49. The number of hydrogen-bond acceptors (Lipinski definition) is 3. The summed E-state index contributed by atoms with van der Waals surface area (Å²) in [6.45, 7) is 3.53. The van der Waals surface area contributed by atoms with Gasteiger partial charge in [0, 0.05) is 19.0 Å². The molecule has 5 heteroatoms. The average Bonchev–Trinajstić information content (AvgIpc) is 3.22. The molecule has 19 heavy (non-hydrogen) atoms. The maximum Gasteiger partial charge on any atom is 0.237 e. The first-order chi connectivity index (χ1) is 9.19. The summed E-state index contributed by atoms with van der Waals surface area (Å²) in [7, 11) is 0. The molecule has 2 unspecified atom stereocenters. The molecule has 0 radical (unpaired) electrons. The van der Waals surface area contributed by atoms with Crippen molar-refractivity contribution in [3.8, 4) is 0 Å². The lowest BCUT2D eigenvalue weighted by Gasteiger charge is -2.28. The van der Waals surface area contributed by atoms with Gasteiger partial charge in [-0.1, -0.05) is 13.3 Å². The van der Waals surface area contributed by atoms with Gasteiger partial charge in [-0.25, -0.2) is 0 Å². The van der Waals surface area contributed by atoms with Crippen LogP contribution in [0.3, 0.4) is 0 Å². The average molecular weight is 267 g/mol. The summed E-state index contributed by atoms with van der Waals surface area (Å²) in [6.07, 6.45) is 5.78. The molecule has 0 aromatic rings. The Bertz CT molecular complexity index is 329. The summed E-state index contributed by atoms with van der Waals surface area (Å²) >= 11 is 0. The van der Waals surface area contributed by atoms with Crippen molar-refractivity contribution in [1.82, 2.24) is 16.0 Å². The van der Waals surface area contributed by atoms with Gasteiger partial charge in [0.05, 0.1) is 6.04 Å². The molecule has 0 aromatic heterocycles. The number of carbonyl (C=O) groups excluding carboxylic acids is 2. The van der Waals surface area contributed by atoms with Crippen LogP contribution in [0.1, 0.15) is 45.4 Å². The van der Waals surface area contributed by atoms with Gasteiger partial charge in [-0.2, -0.15) is 0 Å². The van der Waals surface area contributed by atoms with Gasteiger partial charge >= 0.3 is 0 Å². The van der Waals surface area contributed by atoms with Crippen LogP contribution in [0.5, 0.6) is 0 Å². The van der Waals surface area contributed by atoms with E-state index in [0.717, 1.165) is 38.6 Å². The van der Waals surface area contributed by atoms with Gasteiger partial charge in [0.25, 0.3) is 0 Å². The molecule has 3 N–H and O–H groups in total. The molecule has 1 saturated carbocycles. The molecule has 0 aromatic carbocycles. The molecule has 1 heterocycles. The Labute approximate surface area is 114 Å². The third kappa shape index (κ3) is 4.82. The van der Waals surface area contributed by atoms with E-state index >= 15 is 0 Å². The predicted molar refractivity (Wildman–Crippen MR) is 73.6 cm³/mol. The lowest BCUT2D eigenvalue weighted by atomic mass is 9.90. The van der Waals surface area contributed by atoms with Crippen LogP contribution in [0.2, 0.25) is 0 Å². The van der Waals surface area contributed by atoms with E-state index in [0.29, 0.717) is 24.9 Å². The summed E-state index contributed by atoms with van der Waals surface area (Å²) in [6, 6.07) is 0.318. The van der Waals surface area contributed by atoms with E-state index in [1.54, 1.807) is 0 Å². The second-order valence-corrected chi connectivity index (χ2v) is 5.69. The first kappa shape index (κ1) is 14.3. The highest BCUT2D eigenvalue weighted by Gasteiger charge is 2.26. The lowest BCUT2D eigenvalue weighted by molar-refractivity contribution is -0.124. The number of hydrogen-bond donors (Lipinski definition) is 3. The smallest absolute Gasteiger partial charge is 0.237 e. The van der Waals surface area contributed by atoms with Crippen LogP contribution in [-0.4, -0.2) is 37.0 Å². The highest BCUT2D eigenvalue weighted by molar-refractivity contribution is 5.83. The SMILES string of the molecule is CCC1CCNC(C(=O)NCCC(=O)NC2CC2)C1. The van der Waals surface area contributed by atoms with E-state index in [2.05, 4.69) is 22.9 Å². The van der Waals surface area contributed by atoms with E-state index in [9.17, 15) is 9.59 Å². The molecule has 5 nitrogen and oxygen atoms in total. The Morgan fingerprint density at radius 1 is 1.26 bits per heavy atom. The normalized spacial score (nSPS) is 26.8. The zero-order valence-corrected chi connectivity index (χ0v) is 11.7. The van der Waals surface area contributed by atoms with Crippen LogP contribution >= 0.6 is 0 Å². The Hall–Kier alpha value is -1.10. The van der Waals surface area contributed by atoms with Crippen LogP contribution in [0.15, 0.2) is 0 Å². The Kier molecular flexibility index (Phi) is 5.19. The molecular formula is C14H25N3O2. The number of rotatable bonds is 6. The predicted octanol–water partition coefficient (Wildman–Crippen LogP) is 0.550. The Balaban J connectivity index is 1.61. The van der Waals surface area contributed by atoms with Gasteiger partial charge in [-0.05, 0) is 38.1 Å². The number of carbonyl (C=O) groups is 2. The van der Waals surface area contributed by atoms with Crippen LogP contribution in [0.4, 0.5) is 0 Å². The fraction of sp³-hybridized carbons (Fsp3) is 0.857. The van der Waals surface area contributed by atoms with Gasteiger partial charge in [0.1, 0.15) is 0 Å². The van der Waals surface area contributed by atoms with Gasteiger partial charge in [0.2, 0.25) is 11.8 Å². The molecule has 1 saturated heterocycles. The molecule has 108 valence electrons. The minimum atomic E-state index is -0.0785. The minimum Gasteiger partial charge on any atom is -0.354 e. The quantitative estimate of drug-likeness (QED) is 0.658. The van der Waals surface area contributed by atoms with Crippen molar-refractivity contribution in [3.05, 3.63) is 0 Å². The van der Waals surface area contributed by atoms with E-state index in [1.807, 2.05) is 0 Å². The fourth-order valence-electron chi connectivity index (χ4n) is 2.52. The van der Waals surface area contributed by atoms with Gasteiger partial charge in [-0.15, -0.1) is 0 Å². The first-order valence-electron chi connectivity index (χ1n) is 7.49.